The Morgan fingerprint density at radius 2 is 0.702 bits per heavy atom. The number of hydrogen-bond acceptors (Lipinski definition) is 2. The molecule has 0 atom stereocenters. The van der Waals surface area contributed by atoms with Crippen molar-refractivity contribution in [1.82, 2.24) is 0 Å². The maximum Gasteiger partial charge on any atom is 0.411 e. The van der Waals surface area contributed by atoms with Crippen LogP contribution in [0.25, 0.3) is 21.5 Å². The van der Waals surface area contributed by atoms with E-state index >= 15 is 26.3 Å². The number of hydrogen-bond donors (Lipinski definition) is 0. The van der Waals surface area contributed by atoms with E-state index in [2.05, 4.69) is 0 Å². The van der Waals surface area contributed by atoms with Crippen molar-refractivity contribution in [1.29, 1.82) is 0 Å². The summed E-state index contributed by atoms with van der Waals surface area (Å²) in [6.45, 7) is 3.81. The van der Waals surface area contributed by atoms with Gasteiger partial charge < -0.3 is 9.80 Å². The average Bonchev–Trinajstić information content (AvgIpc) is 3.19. The lowest BCUT2D eigenvalue weighted by Gasteiger charge is -2.39. The third-order valence-corrected chi connectivity index (χ3v) is 10.5. The van der Waals surface area contributed by atoms with Crippen LogP contribution in [0.4, 0.5) is 60.5 Å². The maximum absolute atomic E-state index is 16.0. The van der Waals surface area contributed by atoms with Gasteiger partial charge in [0.2, 0.25) is 5.41 Å². The molecule has 8 aromatic rings. The molecule has 0 heterocycles. The van der Waals surface area contributed by atoms with Gasteiger partial charge in [-0.05, 0) is 96.4 Å². The van der Waals surface area contributed by atoms with Gasteiger partial charge >= 0.3 is 12.4 Å². The van der Waals surface area contributed by atoms with E-state index in [-0.39, 0.29) is 11.4 Å². The predicted molar refractivity (Wildman–Crippen MR) is 220 cm³/mol. The zero-order valence-electron chi connectivity index (χ0n) is 31.0. The molecule has 284 valence electrons. The number of nitrogens with zero attached hydrogens (tertiary/aromatic N) is 2. The quantitative estimate of drug-likeness (QED) is 0.142. The number of halogens is 6. The number of rotatable bonds is 8. The summed E-state index contributed by atoms with van der Waals surface area (Å²) < 4.78 is 95.7. The number of benzene rings is 8. The molecule has 0 saturated heterocycles. The molecule has 0 bridgehead atoms. The van der Waals surface area contributed by atoms with Gasteiger partial charge in [0, 0.05) is 33.5 Å². The summed E-state index contributed by atoms with van der Waals surface area (Å²) in [5.41, 5.74) is -1.81. The van der Waals surface area contributed by atoms with Gasteiger partial charge in [0.05, 0.1) is 11.4 Å². The zero-order chi connectivity index (χ0) is 40.0. The zero-order valence-corrected chi connectivity index (χ0v) is 31.0. The Hall–Kier alpha value is -6.54. The lowest BCUT2D eigenvalue weighted by Crippen LogP contribution is -2.54. The molecule has 0 fully saturated rings. The first kappa shape index (κ1) is 37.4. The average molecular weight is 767 g/mol. The second-order valence-corrected chi connectivity index (χ2v) is 14.2. The highest BCUT2D eigenvalue weighted by atomic mass is 19.4. The molecule has 0 aliphatic heterocycles. The second-order valence-electron chi connectivity index (χ2n) is 14.2. The Kier molecular flexibility index (Phi) is 9.52. The van der Waals surface area contributed by atoms with Gasteiger partial charge in [-0.1, -0.05) is 132 Å². The van der Waals surface area contributed by atoms with E-state index in [4.69, 9.17) is 0 Å². The molecule has 8 aromatic carbocycles. The molecule has 57 heavy (non-hydrogen) atoms. The van der Waals surface area contributed by atoms with Gasteiger partial charge in [0.1, 0.15) is 0 Å². The van der Waals surface area contributed by atoms with Gasteiger partial charge in [0.25, 0.3) is 0 Å². The highest BCUT2D eigenvalue weighted by molar-refractivity contribution is 6.00. The normalized spacial score (nSPS) is 12.2. The van der Waals surface area contributed by atoms with Crippen molar-refractivity contribution in [3.05, 3.63) is 204 Å². The number of alkyl halides is 6. The van der Waals surface area contributed by atoms with Crippen molar-refractivity contribution < 1.29 is 26.3 Å². The topological polar surface area (TPSA) is 6.48 Å². The van der Waals surface area contributed by atoms with Crippen LogP contribution in [0.2, 0.25) is 0 Å². The fourth-order valence-electron chi connectivity index (χ4n) is 7.79. The third-order valence-electron chi connectivity index (χ3n) is 10.5. The molecule has 0 spiro atoms. The van der Waals surface area contributed by atoms with E-state index in [1.54, 1.807) is 46.2 Å². The van der Waals surface area contributed by atoms with Crippen LogP contribution in [0.3, 0.4) is 0 Å². The molecule has 0 aromatic heterocycles. The molecule has 0 radical (unpaired) electrons. The Bertz CT molecular complexity index is 2500. The Labute approximate surface area is 326 Å². The van der Waals surface area contributed by atoms with E-state index in [0.717, 1.165) is 56.9 Å². The van der Waals surface area contributed by atoms with Crippen LogP contribution in [0.1, 0.15) is 22.3 Å². The molecule has 0 N–H and O–H groups in total. The van der Waals surface area contributed by atoms with Crippen molar-refractivity contribution in [2.45, 2.75) is 31.6 Å². The fraction of sp³-hybridized carbons (Fsp3) is 0.102. The van der Waals surface area contributed by atoms with Gasteiger partial charge in [-0.2, -0.15) is 26.3 Å². The fourth-order valence-corrected chi connectivity index (χ4v) is 7.79. The van der Waals surface area contributed by atoms with E-state index in [0.29, 0.717) is 22.7 Å². The maximum atomic E-state index is 16.0. The third kappa shape index (κ3) is 6.65. The lowest BCUT2D eigenvalue weighted by molar-refractivity contribution is -0.288. The molecule has 2 nitrogen and oxygen atoms in total. The summed E-state index contributed by atoms with van der Waals surface area (Å²) in [7, 11) is 0. The molecule has 0 amide bonds. The van der Waals surface area contributed by atoms with Crippen molar-refractivity contribution in [3.8, 4) is 0 Å². The van der Waals surface area contributed by atoms with Crippen LogP contribution in [-0.2, 0) is 5.41 Å². The largest absolute Gasteiger partial charge is 0.411 e. The summed E-state index contributed by atoms with van der Waals surface area (Å²) >= 11 is 0. The number of anilines is 6. The first-order valence-electron chi connectivity index (χ1n) is 18.4. The summed E-state index contributed by atoms with van der Waals surface area (Å²) in [6, 6.07) is 50.3. The van der Waals surface area contributed by atoms with Crippen LogP contribution < -0.4 is 9.80 Å². The first-order chi connectivity index (χ1) is 27.4. The summed E-state index contributed by atoms with van der Waals surface area (Å²) in [5.74, 6) is 0. The van der Waals surface area contributed by atoms with Crippen LogP contribution in [0.15, 0.2) is 182 Å². The van der Waals surface area contributed by atoms with Crippen molar-refractivity contribution in [2.75, 3.05) is 9.80 Å². The van der Waals surface area contributed by atoms with Crippen molar-refractivity contribution in [3.63, 3.8) is 0 Å². The van der Waals surface area contributed by atoms with E-state index in [1.165, 1.54) is 12.1 Å². The summed E-state index contributed by atoms with van der Waals surface area (Å²) in [5, 5.41) is 3.29. The minimum absolute atomic E-state index is 0.138. The number of fused-ring (bicyclic) bond motifs is 2. The van der Waals surface area contributed by atoms with Gasteiger partial charge in [-0.3, -0.25) is 0 Å². The highest BCUT2D eigenvalue weighted by Gasteiger charge is 2.72. The van der Waals surface area contributed by atoms with Crippen LogP contribution in [-0.4, -0.2) is 12.4 Å². The van der Waals surface area contributed by atoms with Crippen molar-refractivity contribution in [2.24, 2.45) is 0 Å². The van der Waals surface area contributed by atoms with Gasteiger partial charge in [-0.15, -0.1) is 0 Å². The smallest absolute Gasteiger partial charge is 0.310 e. The Morgan fingerprint density at radius 3 is 1.09 bits per heavy atom. The Balaban J connectivity index is 1.37. The van der Waals surface area contributed by atoms with Crippen LogP contribution in [0, 0.1) is 13.8 Å². The molecule has 0 saturated carbocycles. The highest BCUT2D eigenvalue weighted by Crippen LogP contribution is 2.58. The Morgan fingerprint density at radius 1 is 0.351 bits per heavy atom. The minimum Gasteiger partial charge on any atom is -0.310 e. The molecule has 0 unspecified atom stereocenters. The van der Waals surface area contributed by atoms with E-state index in [9.17, 15) is 0 Å². The van der Waals surface area contributed by atoms with Crippen LogP contribution in [0.5, 0.6) is 0 Å². The standard InChI is InChI=1S/C49H36F6N2/c1-33-23-27-39(28-24-33)56(45-21-7-13-35-11-3-5-19-43(35)45)41-17-9-15-37(31-41)47(48(50,51)52,49(53,54)55)38-16-10-18-42(32-38)57(40-29-25-34(2)26-30-40)46-22-8-14-36-12-4-6-20-44(36)46/h3-32H,1-2H3. The molecule has 8 rings (SSSR count). The molecule has 8 heteroatoms. The van der Waals surface area contributed by atoms with E-state index < -0.39 is 28.9 Å². The SMILES string of the molecule is Cc1ccc(N(c2cccc(C(c3cccc(N(c4ccc(C)cc4)c4cccc5ccccc45)c3)(C(F)(F)F)C(F)(F)F)c2)c2cccc3ccccc23)cc1. The van der Waals surface area contributed by atoms with E-state index in [1.807, 2.05) is 123 Å². The second kappa shape index (κ2) is 14.5. The summed E-state index contributed by atoms with van der Waals surface area (Å²) in [4.78, 5) is 3.41. The minimum atomic E-state index is -5.81. The van der Waals surface area contributed by atoms with Gasteiger partial charge in [0.15, 0.2) is 0 Å². The van der Waals surface area contributed by atoms with Crippen LogP contribution >= 0.6 is 0 Å². The predicted octanol–water partition coefficient (Wildman–Crippen LogP) is 15.0. The monoisotopic (exact) mass is 766 g/mol. The molecular formula is C49H36F6N2. The molecule has 0 aliphatic rings. The number of aryl methyl sites for hydroxylation is 2. The first-order valence-corrected chi connectivity index (χ1v) is 18.4. The molecular weight excluding hydrogens is 731 g/mol. The lowest BCUT2D eigenvalue weighted by atomic mass is 9.72. The van der Waals surface area contributed by atoms with Gasteiger partial charge in [-0.25, -0.2) is 0 Å². The summed E-state index contributed by atoms with van der Waals surface area (Å²) in [6.07, 6.45) is -11.6. The molecule has 0 aliphatic carbocycles. The van der Waals surface area contributed by atoms with Crippen molar-refractivity contribution >= 4 is 55.7 Å².